The van der Waals surface area contributed by atoms with E-state index < -0.39 is 23.5 Å². The molecule has 0 bridgehead atoms. The van der Waals surface area contributed by atoms with Crippen LogP contribution in [0.1, 0.15) is 30.5 Å². The molecule has 8 nitrogen and oxygen atoms in total. The molecular formula is C28H23FN2O6S. The van der Waals surface area contributed by atoms with Crippen molar-refractivity contribution in [3.63, 3.8) is 0 Å². The number of phenolic OH excluding ortho intramolecular Hbond substituents is 1. The predicted molar refractivity (Wildman–Crippen MR) is 141 cm³/mol. The molecule has 4 aromatic rings. The fourth-order valence-corrected chi connectivity index (χ4v) is 5.30. The number of ether oxygens (including phenoxy) is 2. The van der Waals surface area contributed by atoms with Gasteiger partial charge in [0, 0.05) is 5.56 Å². The Hall–Kier alpha value is -4.44. The van der Waals surface area contributed by atoms with Crippen molar-refractivity contribution in [3.05, 3.63) is 83.2 Å². The summed E-state index contributed by atoms with van der Waals surface area (Å²) in [6.45, 7) is 2.52. The van der Waals surface area contributed by atoms with Crippen LogP contribution >= 0.6 is 11.3 Å². The summed E-state index contributed by atoms with van der Waals surface area (Å²) in [4.78, 5) is 32.4. The summed E-state index contributed by atoms with van der Waals surface area (Å²) < 4.78 is 25.2. The molecule has 0 aliphatic carbocycles. The zero-order valence-corrected chi connectivity index (χ0v) is 21.3. The normalized spacial score (nSPS) is 16.8. The molecule has 38 heavy (non-hydrogen) atoms. The van der Waals surface area contributed by atoms with E-state index in [1.54, 1.807) is 24.3 Å². The van der Waals surface area contributed by atoms with Gasteiger partial charge in [-0.05, 0) is 66.6 Å². The van der Waals surface area contributed by atoms with Gasteiger partial charge < -0.3 is 19.7 Å². The number of Topliss-reactive ketones (excluding diaryl/α,β-unsaturated/α-hetero) is 1. The van der Waals surface area contributed by atoms with Crippen LogP contribution < -0.4 is 14.4 Å². The van der Waals surface area contributed by atoms with Gasteiger partial charge in [0.15, 0.2) is 16.6 Å². The topological polar surface area (TPSA) is 109 Å². The second-order valence-electron chi connectivity index (χ2n) is 8.58. The second-order valence-corrected chi connectivity index (χ2v) is 9.59. The molecule has 1 atom stereocenters. The first-order valence-corrected chi connectivity index (χ1v) is 12.6. The lowest BCUT2D eigenvalue weighted by atomic mass is 9.95. The number of carbonyl (C=O) groups excluding carboxylic acids is 2. The summed E-state index contributed by atoms with van der Waals surface area (Å²) in [5.74, 6) is -2.05. The molecule has 194 valence electrons. The maximum absolute atomic E-state index is 13.8. The number of aromatic nitrogens is 1. The van der Waals surface area contributed by atoms with Crippen LogP contribution in [0, 0.1) is 5.82 Å². The first-order chi connectivity index (χ1) is 18.3. The Labute approximate surface area is 221 Å². The molecule has 1 aliphatic heterocycles. The Bertz CT molecular complexity index is 1580. The standard InChI is InChI=1S/C28H23FN2O6S/c1-3-12-37-18-8-4-15(5-9-18)25(33)23-24(16-6-11-20(32)21(13-16)36-2)31(27(35)26(23)34)28-30-19-10-7-17(29)14-22(19)38-28/h4-11,13-14,24,32-33H,3,12H2,1-2H3/b25-23+. The number of ketones is 1. The maximum atomic E-state index is 13.8. The zero-order valence-electron chi connectivity index (χ0n) is 20.5. The predicted octanol–water partition coefficient (Wildman–Crippen LogP) is 5.56. The van der Waals surface area contributed by atoms with Crippen LogP contribution in [-0.2, 0) is 9.59 Å². The number of hydrogen-bond donors (Lipinski definition) is 2. The van der Waals surface area contributed by atoms with Crippen molar-refractivity contribution in [2.24, 2.45) is 0 Å². The smallest absolute Gasteiger partial charge is 0.301 e. The van der Waals surface area contributed by atoms with E-state index >= 15 is 0 Å². The monoisotopic (exact) mass is 534 g/mol. The first-order valence-electron chi connectivity index (χ1n) is 11.8. The van der Waals surface area contributed by atoms with Crippen molar-refractivity contribution < 1.29 is 33.7 Å². The maximum Gasteiger partial charge on any atom is 0.301 e. The van der Waals surface area contributed by atoms with Crippen molar-refractivity contribution >= 4 is 44.1 Å². The number of fused-ring (bicyclic) bond motifs is 1. The summed E-state index contributed by atoms with van der Waals surface area (Å²) in [7, 11) is 1.38. The van der Waals surface area contributed by atoms with E-state index in [1.165, 1.54) is 48.4 Å². The van der Waals surface area contributed by atoms with E-state index in [1.807, 2.05) is 6.92 Å². The Morgan fingerprint density at radius 2 is 1.87 bits per heavy atom. The largest absolute Gasteiger partial charge is 0.507 e. The highest BCUT2D eigenvalue weighted by molar-refractivity contribution is 7.22. The van der Waals surface area contributed by atoms with Gasteiger partial charge in [0.2, 0.25) is 0 Å². The number of aromatic hydroxyl groups is 1. The summed E-state index contributed by atoms with van der Waals surface area (Å²) in [5.41, 5.74) is 1.01. The molecule has 2 N–H and O–H groups in total. The fraction of sp³-hybridized carbons (Fsp3) is 0.179. The fourth-order valence-electron chi connectivity index (χ4n) is 4.28. The highest BCUT2D eigenvalue weighted by atomic mass is 32.1. The molecule has 3 aromatic carbocycles. The number of amides is 1. The third-order valence-corrected chi connectivity index (χ3v) is 7.13. The molecule has 0 saturated carbocycles. The van der Waals surface area contributed by atoms with Crippen molar-refractivity contribution in [1.29, 1.82) is 0 Å². The number of rotatable bonds is 7. The summed E-state index contributed by atoms with van der Waals surface area (Å²) >= 11 is 1.05. The van der Waals surface area contributed by atoms with Gasteiger partial charge in [-0.15, -0.1) is 0 Å². The Morgan fingerprint density at radius 1 is 1.11 bits per heavy atom. The highest BCUT2D eigenvalue weighted by Gasteiger charge is 2.48. The molecule has 10 heteroatoms. The number of phenols is 1. The molecule has 1 amide bonds. The van der Waals surface area contributed by atoms with Gasteiger partial charge in [0.1, 0.15) is 17.3 Å². The van der Waals surface area contributed by atoms with Crippen LogP contribution in [-0.4, -0.2) is 40.6 Å². The Morgan fingerprint density at radius 3 is 2.58 bits per heavy atom. The van der Waals surface area contributed by atoms with Crippen molar-refractivity contribution in [3.8, 4) is 17.2 Å². The molecule has 1 fully saturated rings. The number of benzene rings is 3. The minimum Gasteiger partial charge on any atom is -0.507 e. The Kier molecular flexibility index (Phi) is 6.73. The number of aliphatic hydroxyl groups excluding tert-OH is 1. The number of carbonyl (C=O) groups is 2. The van der Waals surface area contributed by atoms with E-state index in [9.17, 15) is 24.2 Å². The highest BCUT2D eigenvalue weighted by Crippen LogP contribution is 2.45. The molecule has 0 spiro atoms. The summed E-state index contributed by atoms with van der Waals surface area (Å²) in [5, 5.41) is 21.6. The lowest BCUT2D eigenvalue weighted by Crippen LogP contribution is -2.29. The van der Waals surface area contributed by atoms with Crippen LogP contribution in [0.4, 0.5) is 9.52 Å². The summed E-state index contributed by atoms with van der Waals surface area (Å²) in [6.07, 6.45) is 0.833. The van der Waals surface area contributed by atoms with Crippen molar-refractivity contribution in [2.75, 3.05) is 18.6 Å². The summed E-state index contributed by atoms with van der Waals surface area (Å²) in [6, 6.07) is 13.9. The number of nitrogens with zero attached hydrogens (tertiary/aromatic N) is 2. The second kappa shape index (κ2) is 10.1. The van der Waals surface area contributed by atoms with Gasteiger partial charge in [0.25, 0.3) is 5.78 Å². The van der Waals surface area contributed by atoms with E-state index in [2.05, 4.69) is 4.98 Å². The number of aliphatic hydroxyl groups is 1. The zero-order chi connectivity index (χ0) is 27.0. The molecule has 1 unspecified atom stereocenters. The molecule has 1 aliphatic rings. The molecule has 0 radical (unpaired) electrons. The number of methoxy groups -OCH3 is 1. The molecule has 1 aromatic heterocycles. The molecular weight excluding hydrogens is 511 g/mol. The minimum atomic E-state index is -1.09. The van der Waals surface area contributed by atoms with Crippen LogP contribution in [0.25, 0.3) is 16.0 Å². The minimum absolute atomic E-state index is 0.122. The number of thiazole rings is 1. The third kappa shape index (κ3) is 4.43. The van der Waals surface area contributed by atoms with Crippen LogP contribution in [0.15, 0.2) is 66.2 Å². The number of hydrogen-bond acceptors (Lipinski definition) is 8. The van der Waals surface area contributed by atoms with Gasteiger partial charge in [-0.3, -0.25) is 14.5 Å². The Balaban J connectivity index is 1.68. The van der Waals surface area contributed by atoms with Gasteiger partial charge in [-0.2, -0.15) is 0 Å². The third-order valence-electron chi connectivity index (χ3n) is 6.11. The van der Waals surface area contributed by atoms with Crippen LogP contribution in [0.2, 0.25) is 0 Å². The van der Waals surface area contributed by atoms with Gasteiger partial charge in [-0.1, -0.05) is 24.3 Å². The SMILES string of the molecule is CCCOc1ccc(/C(O)=C2\C(=O)C(=O)N(c3nc4ccc(F)cc4s3)C2c2ccc(O)c(OC)c2)cc1. The van der Waals surface area contributed by atoms with E-state index in [0.717, 1.165) is 17.8 Å². The molecule has 2 heterocycles. The van der Waals surface area contributed by atoms with Gasteiger partial charge in [-0.25, -0.2) is 9.37 Å². The molecule has 5 rings (SSSR count). The lowest BCUT2D eigenvalue weighted by molar-refractivity contribution is -0.132. The van der Waals surface area contributed by atoms with E-state index in [-0.39, 0.29) is 28.0 Å². The van der Waals surface area contributed by atoms with Crippen molar-refractivity contribution in [1.82, 2.24) is 4.98 Å². The van der Waals surface area contributed by atoms with Crippen molar-refractivity contribution in [2.45, 2.75) is 19.4 Å². The van der Waals surface area contributed by atoms with Gasteiger partial charge >= 0.3 is 5.91 Å². The number of anilines is 1. The molecule has 1 saturated heterocycles. The first kappa shape index (κ1) is 25.2. The van der Waals surface area contributed by atoms with Crippen LogP contribution in [0.5, 0.6) is 17.2 Å². The van der Waals surface area contributed by atoms with Crippen LogP contribution in [0.3, 0.4) is 0 Å². The van der Waals surface area contributed by atoms with E-state index in [4.69, 9.17) is 9.47 Å². The average molecular weight is 535 g/mol. The average Bonchev–Trinajstić information content (AvgIpc) is 3.45. The van der Waals surface area contributed by atoms with Gasteiger partial charge in [0.05, 0.1) is 35.5 Å². The quantitative estimate of drug-likeness (QED) is 0.181. The lowest BCUT2D eigenvalue weighted by Gasteiger charge is -2.23. The van der Waals surface area contributed by atoms with E-state index in [0.29, 0.717) is 33.7 Å². The number of halogens is 1.